The molecule has 0 radical (unpaired) electrons. The minimum atomic E-state index is -0.729. The molecule has 194 valence electrons. The van der Waals surface area contributed by atoms with Crippen LogP contribution in [0.3, 0.4) is 0 Å². The van der Waals surface area contributed by atoms with Crippen LogP contribution >= 0.6 is 11.3 Å². The van der Waals surface area contributed by atoms with Crippen LogP contribution in [-0.4, -0.2) is 49.8 Å². The number of hydrogen-bond acceptors (Lipinski definition) is 7. The van der Waals surface area contributed by atoms with Gasteiger partial charge in [0.2, 0.25) is 0 Å². The molecule has 0 bridgehead atoms. The van der Waals surface area contributed by atoms with E-state index in [9.17, 15) is 9.59 Å². The molecule has 0 saturated heterocycles. The van der Waals surface area contributed by atoms with Gasteiger partial charge in [-0.25, -0.2) is 4.99 Å². The lowest BCUT2D eigenvalue weighted by Gasteiger charge is -2.30. The van der Waals surface area contributed by atoms with Crippen molar-refractivity contribution in [2.75, 3.05) is 34.4 Å². The third-order valence-electron chi connectivity index (χ3n) is 6.45. The number of allylic oxidation sites excluding steroid dienone is 1. The van der Waals surface area contributed by atoms with Crippen LogP contribution in [0.25, 0.3) is 6.08 Å². The molecule has 0 spiro atoms. The van der Waals surface area contributed by atoms with E-state index in [-0.39, 0.29) is 11.5 Å². The molecule has 1 atom stereocenters. The molecule has 37 heavy (non-hydrogen) atoms. The molecule has 3 aromatic rings. The van der Waals surface area contributed by atoms with Crippen LogP contribution in [0.1, 0.15) is 37.9 Å². The lowest BCUT2D eigenvalue weighted by Crippen LogP contribution is -2.43. The van der Waals surface area contributed by atoms with E-state index in [2.05, 4.69) is 0 Å². The van der Waals surface area contributed by atoms with Gasteiger partial charge in [-0.1, -0.05) is 23.5 Å². The second-order valence-corrected chi connectivity index (χ2v) is 9.45. The van der Waals surface area contributed by atoms with Crippen molar-refractivity contribution >= 4 is 23.3 Å². The van der Waals surface area contributed by atoms with E-state index < -0.39 is 6.04 Å². The molecule has 1 aromatic heterocycles. The summed E-state index contributed by atoms with van der Waals surface area (Å²) in [6.45, 7) is 6.76. The standard InChI is InChI=1S/C28H31N3O5S/c1-7-30(8-2)27(33)24-17(3)29-28-31(25(24)21-16-20(35-5)13-14-22(21)36-6)26(32)23(37-28)15-18-9-11-19(34-4)12-10-18/h9-16,25H,7-8H2,1-6H3/b23-15+/t25-/m1/s1. The van der Waals surface area contributed by atoms with Gasteiger partial charge in [-0.05, 0) is 62.7 Å². The molecule has 0 fully saturated rings. The Hall–Kier alpha value is -3.85. The van der Waals surface area contributed by atoms with Crippen molar-refractivity contribution in [2.45, 2.75) is 26.8 Å². The van der Waals surface area contributed by atoms with E-state index in [0.29, 0.717) is 50.8 Å². The Morgan fingerprint density at radius 1 is 1.03 bits per heavy atom. The Labute approximate surface area is 219 Å². The topological polar surface area (TPSA) is 82.4 Å². The molecule has 0 saturated carbocycles. The molecular weight excluding hydrogens is 490 g/mol. The molecule has 9 heteroatoms. The van der Waals surface area contributed by atoms with Crippen LogP contribution in [0.15, 0.2) is 63.5 Å². The maximum Gasteiger partial charge on any atom is 0.271 e. The van der Waals surface area contributed by atoms with Gasteiger partial charge in [0.05, 0.1) is 37.1 Å². The number of thiazole rings is 1. The first-order valence-electron chi connectivity index (χ1n) is 12.0. The first kappa shape index (κ1) is 26.2. The highest BCUT2D eigenvalue weighted by Crippen LogP contribution is 2.38. The largest absolute Gasteiger partial charge is 0.497 e. The van der Waals surface area contributed by atoms with Crippen LogP contribution < -0.4 is 29.1 Å². The lowest BCUT2D eigenvalue weighted by molar-refractivity contribution is -0.127. The van der Waals surface area contributed by atoms with Gasteiger partial charge < -0.3 is 19.1 Å². The van der Waals surface area contributed by atoms with Gasteiger partial charge in [0.15, 0.2) is 4.80 Å². The SMILES string of the molecule is CCN(CC)C(=O)C1=C(C)N=c2s/c(=C/c3ccc(OC)cc3)c(=O)n2[C@@H]1c1cc(OC)ccc1OC. The number of amides is 1. The van der Waals surface area contributed by atoms with Gasteiger partial charge in [-0.15, -0.1) is 0 Å². The van der Waals surface area contributed by atoms with E-state index in [1.807, 2.05) is 57.2 Å². The van der Waals surface area contributed by atoms with E-state index in [1.165, 1.54) is 11.3 Å². The van der Waals surface area contributed by atoms with Crippen LogP contribution in [0.4, 0.5) is 0 Å². The Balaban J connectivity index is 2.00. The van der Waals surface area contributed by atoms with Crippen molar-refractivity contribution in [1.82, 2.24) is 9.47 Å². The number of methoxy groups -OCH3 is 3. The molecule has 1 aliphatic heterocycles. The minimum absolute atomic E-state index is 0.162. The van der Waals surface area contributed by atoms with Crippen LogP contribution in [0.2, 0.25) is 0 Å². The third kappa shape index (κ3) is 4.91. The predicted molar refractivity (Wildman–Crippen MR) is 144 cm³/mol. The van der Waals surface area contributed by atoms with Gasteiger partial charge in [-0.2, -0.15) is 0 Å². The Bertz CT molecular complexity index is 1510. The monoisotopic (exact) mass is 521 g/mol. The number of ether oxygens (including phenoxy) is 3. The van der Waals surface area contributed by atoms with Crippen molar-refractivity contribution < 1.29 is 19.0 Å². The van der Waals surface area contributed by atoms with Crippen LogP contribution in [0.5, 0.6) is 17.2 Å². The van der Waals surface area contributed by atoms with Gasteiger partial charge in [0.25, 0.3) is 11.5 Å². The fraction of sp³-hybridized carbons (Fsp3) is 0.321. The summed E-state index contributed by atoms with van der Waals surface area (Å²) in [7, 11) is 4.76. The average Bonchev–Trinajstić information content (AvgIpc) is 3.22. The highest BCUT2D eigenvalue weighted by atomic mass is 32.1. The quantitative estimate of drug-likeness (QED) is 0.455. The number of hydrogen-bond donors (Lipinski definition) is 0. The summed E-state index contributed by atoms with van der Waals surface area (Å²) in [5.74, 6) is 1.72. The maximum atomic E-state index is 13.9. The number of aromatic nitrogens is 1. The van der Waals surface area contributed by atoms with Gasteiger partial charge >= 0.3 is 0 Å². The Morgan fingerprint density at radius 2 is 1.68 bits per heavy atom. The second kappa shape index (κ2) is 11.0. The van der Waals surface area contributed by atoms with Gasteiger partial charge in [0.1, 0.15) is 23.3 Å². The number of carbonyl (C=O) groups excluding carboxylic acids is 1. The summed E-state index contributed by atoms with van der Waals surface area (Å²) in [6, 6.07) is 12.1. The molecular formula is C28H31N3O5S. The highest BCUT2D eigenvalue weighted by molar-refractivity contribution is 7.07. The lowest BCUT2D eigenvalue weighted by atomic mass is 9.93. The fourth-order valence-corrected chi connectivity index (χ4v) is 5.52. The smallest absolute Gasteiger partial charge is 0.271 e. The highest BCUT2D eigenvalue weighted by Gasteiger charge is 2.36. The molecule has 2 heterocycles. The summed E-state index contributed by atoms with van der Waals surface area (Å²) in [5.41, 5.74) is 2.30. The summed E-state index contributed by atoms with van der Waals surface area (Å²) >= 11 is 1.29. The number of fused-ring (bicyclic) bond motifs is 1. The number of likely N-dealkylation sites (N-methyl/N-ethyl adjacent to an activating group) is 1. The number of benzene rings is 2. The van der Waals surface area contributed by atoms with E-state index in [4.69, 9.17) is 19.2 Å². The van der Waals surface area contributed by atoms with Crippen molar-refractivity contribution in [1.29, 1.82) is 0 Å². The summed E-state index contributed by atoms with van der Waals surface area (Å²) in [5, 5.41) is 0. The zero-order valence-corrected chi connectivity index (χ0v) is 22.7. The maximum absolute atomic E-state index is 13.9. The molecule has 1 amide bonds. The van der Waals surface area contributed by atoms with E-state index in [0.717, 1.165) is 11.3 Å². The molecule has 8 nitrogen and oxygen atoms in total. The van der Waals surface area contributed by atoms with Crippen LogP contribution in [-0.2, 0) is 4.79 Å². The molecule has 0 N–H and O–H groups in total. The van der Waals surface area contributed by atoms with E-state index in [1.54, 1.807) is 42.9 Å². The van der Waals surface area contributed by atoms with Crippen LogP contribution in [0, 0.1) is 0 Å². The summed E-state index contributed by atoms with van der Waals surface area (Å²) in [6.07, 6.45) is 1.83. The average molecular weight is 522 g/mol. The normalized spacial score (nSPS) is 15.2. The van der Waals surface area contributed by atoms with Gasteiger partial charge in [-0.3, -0.25) is 14.2 Å². The van der Waals surface area contributed by atoms with Crippen molar-refractivity contribution in [3.05, 3.63) is 84.5 Å². The zero-order valence-electron chi connectivity index (χ0n) is 21.9. The second-order valence-electron chi connectivity index (χ2n) is 8.44. The predicted octanol–water partition coefficient (Wildman–Crippen LogP) is 3.13. The van der Waals surface area contributed by atoms with Crippen molar-refractivity contribution in [2.24, 2.45) is 4.99 Å². The first-order valence-corrected chi connectivity index (χ1v) is 12.9. The third-order valence-corrected chi connectivity index (χ3v) is 7.43. The molecule has 1 aliphatic rings. The van der Waals surface area contributed by atoms with Crippen molar-refractivity contribution in [3.8, 4) is 17.2 Å². The van der Waals surface area contributed by atoms with Crippen molar-refractivity contribution in [3.63, 3.8) is 0 Å². The Kier molecular flexibility index (Phi) is 7.83. The first-order chi connectivity index (χ1) is 17.9. The minimum Gasteiger partial charge on any atom is -0.497 e. The fourth-order valence-electron chi connectivity index (χ4n) is 4.48. The molecule has 0 unspecified atom stereocenters. The summed E-state index contributed by atoms with van der Waals surface area (Å²) < 4.78 is 18.5. The molecule has 2 aromatic carbocycles. The zero-order chi connectivity index (χ0) is 26.7. The Morgan fingerprint density at radius 3 is 2.27 bits per heavy atom. The number of nitrogens with zero attached hydrogens (tertiary/aromatic N) is 3. The van der Waals surface area contributed by atoms with E-state index >= 15 is 0 Å². The molecule has 0 aliphatic carbocycles. The number of carbonyl (C=O) groups is 1. The number of rotatable bonds is 8. The summed E-state index contributed by atoms with van der Waals surface area (Å²) in [4.78, 5) is 34.7. The molecule has 4 rings (SSSR count). The van der Waals surface area contributed by atoms with Gasteiger partial charge in [0, 0.05) is 18.7 Å².